The maximum absolute atomic E-state index is 12.9. The van der Waals surface area contributed by atoms with Crippen molar-refractivity contribution < 1.29 is 54.3 Å². The van der Waals surface area contributed by atoms with E-state index in [1.807, 2.05) is 0 Å². The fraction of sp³-hybridized carbons (Fsp3) is 0.727. The van der Waals surface area contributed by atoms with Crippen molar-refractivity contribution >= 4 is 35.5 Å². The Labute approximate surface area is 224 Å². The molecule has 0 aliphatic carbocycles. The van der Waals surface area contributed by atoms with Crippen molar-refractivity contribution in [2.75, 3.05) is 19.8 Å². The van der Waals surface area contributed by atoms with Gasteiger partial charge in [0.05, 0.1) is 25.4 Å². The molecule has 0 spiro atoms. The van der Waals surface area contributed by atoms with Gasteiger partial charge in [0.1, 0.15) is 36.3 Å². The van der Waals surface area contributed by atoms with Crippen molar-refractivity contribution in [1.29, 1.82) is 0 Å². The van der Waals surface area contributed by atoms with E-state index >= 15 is 0 Å². The monoisotopic (exact) mass is 562 g/mol. The lowest BCUT2D eigenvalue weighted by Gasteiger charge is -2.29. The standard InChI is InChI=1S/C22H38N6O11/c1-9(21(37)28-6-4-5-14(28)22(38)39)24-19(35)15(10(2)31)27-20(36)16(11(3)32)26-18(34)13(8-30)25-17(33)12(23)7-29/h9-16,29-32H,4-8,23H2,1-3H3,(H,24,35)(H,25,33)(H,26,34)(H,27,36)(H,38,39)/t9-,10+,11+,12-,13-,14-,15-,16-/m0/s1. The molecule has 1 saturated heterocycles. The fourth-order valence-corrected chi connectivity index (χ4v) is 3.76. The molecule has 17 nitrogen and oxygen atoms in total. The van der Waals surface area contributed by atoms with Gasteiger partial charge in [-0.2, -0.15) is 0 Å². The quantitative estimate of drug-likeness (QED) is 0.0947. The van der Waals surface area contributed by atoms with Crippen LogP contribution >= 0.6 is 0 Å². The summed E-state index contributed by atoms with van der Waals surface area (Å²) in [6.07, 6.45) is -2.33. The van der Waals surface area contributed by atoms with Crippen LogP contribution in [0.5, 0.6) is 0 Å². The lowest BCUT2D eigenvalue weighted by atomic mass is 10.1. The first kappa shape index (κ1) is 33.6. The highest BCUT2D eigenvalue weighted by molar-refractivity contribution is 5.96. The van der Waals surface area contributed by atoms with Crippen molar-refractivity contribution in [1.82, 2.24) is 26.2 Å². The van der Waals surface area contributed by atoms with Gasteiger partial charge in [0.15, 0.2) is 0 Å². The molecule has 1 aliphatic rings. The highest BCUT2D eigenvalue weighted by Gasteiger charge is 2.38. The van der Waals surface area contributed by atoms with Crippen LogP contribution in [0.1, 0.15) is 33.6 Å². The number of nitrogens with two attached hydrogens (primary N) is 1. The molecule has 222 valence electrons. The molecule has 0 aromatic rings. The molecule has 5 amide bonds. The van der Waals surface area contributed by atoms with Gasteiger partial charge >= 0.3 is 5.97 Å². The van der Waals surface area contributed by atoms with E-state index in [2.05, 4.69) is 21.3 Å². The van der Waals surface area contributed by atoms with Crippen LogP contribution in [0.15, 0.2) is 0 Å². The van der Waals surface area contributed by atoms with Crippen LogP contribution in [0, 0.1) is 0 Å². The molecule has 8 atom stereocenters. The van der Waals surface area contributed by atoms with E-state index in [1.54, 1.807) is 0 Å². The number of aliphatic hydroxyl groups excluding tert-OH is 4. The molecule has 0 bridgehead atoms. The van der Waals surface area contributed by atoms with Gasteiger partial charge in [0.25, 0.3) is 0 Å². The second-order valence-electron chi connectivity index (χ2n) is 9.24. The number of carboxylic acids is 1. The van der Waals surface area contributed by atoms with Crippen molar-refractivity contribution in [2.24, 2.45) is 5.73 Å². The zero-order valence-electron chi connectivity index (χ0n) is 21.9. The molecule has 1 aliphatic heterocycles. The van der Waals surface area contributed by atoms with Crippen LogP contribution in [0.25, 0.3) is 0 Å². The summed E-state index contributed by atoms with van der Waals surface area (Å²) in [7, 11) is 0. The third kappa shape index (κ3) is 9.39. The number of rotatable bonds is 14. The van der Waals surface area contributed by atoms with Crippen molar-refractivity contribution in [3.63, 3.8) is 0 Å². The Balaban J connectivity index is 2.92. The largest absolute Gasteiger partial charge is 0.480 e. The zero-order chi connectivity index (χ0) is 30.0. The molecule has 0 saturated carbocycles. The Morgan fingerprint density at radius 2 is 1.33 bits per heavy atom. The molecule has 17 heteroatoms. The highest BCUT2D eigenvalue weighted by atomic mass is 16.4. The van der Waals surface area contributed by atoms with Crippen LogP contribution in [0.3, 0.4) is 0 Å². The molecule has 1 heterocycles. The number of aliphatic hydroxyl groups is 4. The molecular formula is C22H38N6O11. The van der Waals surface area contributed by atoms with Gasteiger partial charge in [0, 0.05) is 6.54 Å². The molecule has 39 heavy (non-hydrogen) atoms. The molecule has 0 aromatic heterocycles. The summed E-state index contributed by atoms with van der Waals surface area (Å²) in [6.45, 7) is 2.12. The number of amides is 5. The van der Waals surface area contributed by atoms with Gasteiger partial charge in [-0.15, -0.1) is 0 Å². The van der Waals surface area contributed by atoms with Crippen LogP contribution in [0.4, 0.5) is 0 Å². The van der Waals surface area contributed by atoms with E-state index in [0.717, 1.165) is 18.7 Å². The predicted octanol–water partition coefficient (Wildman–Crippen LogP) is -5.91. The number of carbonyl (C=O) groups is 6. The third-order valence-electron chi connectivity index (χ3n) is 6.02. The summed E-state index contributed by atoms with van der Waals surface area (Å²) in [4.78, 5) is 75.2. The van der Waals surface area contributed by atoms with Crippen molar-refractivity contribution in [2.45, 2.75) is 82.1 Å². The SMILES string of the molecule is C[C@H](NC(=O)[C@@H](NC(=O)[C@@H](NC(=O)[C@H](CO)NC(=O)[C@@H](N)CO)[C@@H](C)O)[C@@H](C)O)C(=O)N1CCC[C@H]1C(=O)O. The second-order valence-corrected chi connectivity index (χ2v) is 9.24. The summed E-state index contributed by atoms with van der Waals surface area (Å²) in [5, 5.41) is 56.5. The van der Waals surface area contributed by atoms with Gasteiger partial charge < -0.3 is 57.4 Å². The van der Waals surface area contributed by atoms with Crippen LogP contribution in [-0.4, -0.2) is 134 Å². The fourth-order valence-electron chi connectivity index (χ4n) is 3.76. The lowest BCUT2D eigenvalue weighted by Crippen LogP contribution is -2.63. The van der Waals surface area contributed by atoms with Gasteiger partial charge in [-0.25, -0.2) is 4.79 Å². The third-order valence-corrected chi connectivity index (χ3v) is 6.02. The Morgan fingerprint density at radius 1 is 0.821 bits per heavy atom. The average molecular weight is 563 g/mol. The van der Waals surface area contributed by atoms with Crippen LogP contribution in [-0.2, 0) is 28.8 Å². The summed E-state index contributed by atoms with van der Waals surface area (Å²) < 4.78 is 0. The molecule has 1 fully saturated rings. The van der Waals surface area contributed by atoms with Crippen LogP contribution < -0.4 is 27.0 Å². The number of hydrogen-bond acceptors (Lipinski definition) is 11. The smallest absolute Gasteiger partial charge is 0.326 e. The normalized spacial score (nSPS) is 20.4. The zero-order valence-corrected chi connectivity index (χ0v) is 21.9. The molecular weight excluding hydrogens is 524 g/mol. The summed E-state index contributed by atoms with van der Waals surface area (Å²) in [6, 6.07) is -8.61. The Morgan fingerprint density at radius 3 is 1.79 bits per heavy atom. The lowest BCUT2D eigenvalue weighted by molar-refractivity contribution is -0.149. The molecule has 1 rings (SSSR count). The minimum absolute atomic E-state index is 0.184. The first-order valence-electron chi connectivity index (χ1n) is 12.2. The molecule has 0 radical (unpaired) electrons. The van der Waals surface area contributed by atoms with Gasteiger partial charge in [-0.3, -0.25) is 24.0 Å². The maximum atomic E-state index is 12.9. The van der Waals surface area contributed by atoms with E-state index in [9.17, 15) is 49.2 Å². The summed E-state index contributed by atoms with van der Waals surface area (Å²) >= 11 is 0. The van der Waals surface area contributed by atoms with Crippen molar-refractivity contribution in [3.8, 4) is 0 Å². The summed E-state index contributed by atoms with van der Waals surface area (Å²) in [5.74, 6) is -6.05. The predicted molar refractivity (Wildman–Crippen MR) is 131 cm³/mol. The number of aliphatic carboxylic acids is 1. The molecule has 11 N–H and O–H groups in total. The topological polar surface area (TPSA) is 281 Å². The Bertz CT molecular complexity index is 915. The minimum atomic E-state index is -1.72. The maximum Gasteiger partial charge on any atom is 0.326 e. The highest BCUT2D eigenvalue weighted by Crippen LogP contribution is 2.18. The molecule has 0 aromatic carbocycles. The van der Waals surface area contributed by atoms with E-state index in [1.165, 1.54) is 6.92 Å². The number of hydrogen-bond donors (Lipinski definition) is 10. The van der Waals surface area contributed by atoms with E-state index in [4.69, 9.17) is 10.8 Å². The minimum Gasteiger partial charge on any atom is -0.480 e. The number of carboxylic acid groups (broad SMARTS) is 1. The van der Waals surface area contributed by atoms with E-state index in [-0.39, 0.29) is 13.0 Å². The number of nitrogens with zero attached hydrogens (tertiary/aromatic N) is 1. The average Bonchev–Trinajstić information content (AvgIpc) is 3.37. The second kappa shape index (κ2) is 15.3. The first-order valence-corrected chi connectivity index (χ1v) is 12.2. The number of likely N-dealkylation sites (tertiary alicyclic amines) is 1. The van der Waals surface area contributed by atoms with Gasteiger partial charge in [-0.1, -0.05) is 0 Å². The van der Waals surface area contributed by atoms with Crippen molar-refractivity contribution in [3.05, 3.63) is 0 Å². The Kier molecular flexibility index (Phi) is 13.2. The van der Waals surface area contributed by atoms with E-state index in [0.29, 0.717) is 6.42 Å². The number of nitrogens with one attached hydrogen (secondary N) is 4. The van der Waals surface area contributed by atoms with Crippen LogP contribution in [0.2, 0.25) is 0 Å². The number of carbonyl (C=O) groups excluding carboxylic acids is 5. The van der Waals surface area contributed by atoms with Gasteiger partial charge in [-0.05, 0) is 33.6 Å². The van der Waals surface area contributed by atoms with E-state index < -0.39 is 97.2 Å². The Hall–Kier alpha value is -3.38. The summed E-state index contributed by atoms with van der Waals surface area (Å²) in [5.41, 5.74) is 5.35. The van der Waals surface area contributed by atoms with Gasteiger partial charge in [0.2, 0.25) is 29.5 Å². The molecule has 0 unspecified atom stereocenters. The first-order chi connectivity index (χ1) is 18.2.